The van der Waals surface area contributed by atoms with Crippen LogP contribution in [0.1, 0.15) is 12.5 Å². The van der Waals surface area contributed by atoms with E-state index in [9.17, 15) is 0 Å². The van der Waals surface area contributed by atoms with Crippen LogP contribution in [-0.2, 0) is 0 Å². The summed E-state index contributed by atoms with van der Waals surface area (Å²) < 4.78 is 6.87. The van der Waals surface area contributed by atoms with Crippen molar-refractivity contribution in [3.05, 3.63) is 36.2 Å². The number of hydrogen-bond acceptors (Lipinski definition) is 5. The van der Waals surface area contributed by atoms with Crippen molar-refractivity contribution in [1.29, 1.82) is 0 Å². The Labute approximate surface area is 125 Å². The number of rotatable bonds is 2. The number of fused-ring (bicyclic) bond motifs is 1. The summed E-state index contributed by atoms with van der Waals surface area (Å²) in [5, 5.41) is 13.5. The number of benzene rings is 1. The molecular formula is C12H13BrN4OS. The van der Waals surface area contributed by atoms with Gasteiger partial charge in [-0.05, 0) is 36.8 Å². The van der Waals surface area contributed by atoms with Gasteiger partial charge in [0.15, 0.2) is 0 Å². The van der Waals surface area contributed by atoms with Crippen molar-refractivity contribution in [3.8, 4) is 5.75 Å². The fraction of sp³-hybridized carbons (Fsp3) is 0.250. The van der Waals surface area contributed by atoms with E-state index >= 15 is 0 Å². The van der Waals surface area contributed by atoms with E-state index in [1.165, 1.54) is 0 Å². The Balaban J connectivity index is 0.00000133. The number of methoxy groups -OCH3 is 1. The first-order valence-electron chi connectivity index (χ1n) is 5.58. The molecule has 1 aromatic heterocycles. The lowest BCUT2D eigenvalue weighted by atomic mass is 10.1. The molecule has 19 heavy (non-hydrogen) atoms. The SMILES string of the molecule is Br.COc1ccc(C2=Nn3cnnc3SC2C)cc1. The van der Waals surface area contributed by atoms with Gasteiger partial charge in [-0.1, -0.05) is 11.8 Å². The number of nitrogens with zero attached hydrogens (tertiary/aromatic N) is 4. The Morgan fingerprint density at radius 1 is 1.26 bits per heavy atom. The highest BCUT2D eigenvalue weighted by molar-refractivity contribution is 8.93. The molecule has 0 saturated heterocycles. The predicted octanol–water partition coefficient (Wildman–Crippen LogP) is 2.61. The monoisotopic (exact) mass is 340 g/mol. The topological polar surface area (TPSA) is 52.3 Å². The summed E-state index contributed by atoms with van der Waals surface area (Å²) in [4.78, 5) is 0. The second kappa shape index (κ2) is 5.75. The molecule has 3 rings (SSSR count). The average molecular weight is 341 g/mol. The van der Waals surface area contributed by atoms with Gasteiger partial charge >= 0.3 is 0 Å². The zero-order chi connectivity index (χ0) is 12.5. The van der Waals surface area contributed by atoms with Crippen molar-refractivity contribution < 1.29 is 4.74 Å². The molecule has 7 heteroatoms. The summed E-state index contributed by atoms with van der Waals surface area (Å²) in [6.45, 7) is 2.12. The molecule has 2 heterocycles. The van der Waals surface area contributed by atoms with Crippen molar-refractivity contribution >= 4 is 34.5 Å². The second-order valence-electron chi connectivity index (χ2n) is 3.93. The standard InChI is InChI=1S/C12H12N4OS.BrH/c1-8-11(9-3-5-10(17-2)6-4-9)15-16-7-13-14-12(16)18-8;/h3-8H,1-2H3;1H. The minimum Gasteiger partial charge on any atom is -0.497 e. The molecule has 100 valence electrons. The fourth-order valence-electron chi connectivity index (χ4n) is 1.83. The third-order valence-corrected chi connectivity index (χ3v) is 3.83. The highest BCUT2D eigenvalue weighted by Gasteiger charge is 2.22. The molecule has 5 nitrogen and oxygen atoms in total. The third-order valence-electron chi connectivity index (χ3n) is 2.77. The van der Waals surface area contributed by atoms with Crippen LogP contribution in [0.4, 0.5) is 0 Å². The predicted molar refractivity (Wildman–Crippen MR) is 80.6 cm³/mol. The van der Waals surface area contributed by atoms with Crippen molar-refractivity contribution in [2.45, 2.75) is 17.3 Å². The summed E-state index contributed by atoms with van der Waals surface area (Å²) in [5.74, 6) is 0.848. The van der Waals surface area contributed by atoms with E-state index < -0.39 is 0 Å². The number of halogens is 1. The molecule has 0 amide bonds. The smallest absolute Gasteiger partial charge is 0.212 e. The molecule has 1 unspecified atom stereocenters. The molecule has 0 spiro atoms. The van der Waals surface area contributed by atoms with Crippen LogP contribution < -0.4 is 4.74 Å². The van der Waals surface area contributed by atoms with Gasteiger partial charge in [-0.15, -0.1) is 27.2 Å². The largest absolute Gasteiger partial charge is 0.497 e. The first-order valence-corrected chi connectivity index (χ1v) is 6.46. The van der Waals surface area contributed by atoms with Crippen LogP contribution in [0.3, 0.4) is 0 Å². The normalized spacial score (nSPS) is 17.2. The van der Waals surface area contributed by atoms with Crippen molar-refractivity contribution in [2.75, 3.05) is 7.11 Å². The van der Waals surface area contributed by atoms with Crippen LogP contribution in [-0.4, -0.2) is 32.9 Å². The molecule has 1 atom stereocenters. The molecule has 1 aliphatic rings. The quantitative estimate of drug-likeness (QED) is 0.843. The lowest BCUT2D eigenvalue weighted by Crippen LogP contribution is -2.21. The molecule has 1 aromatic carbocycles. The molecule has 0 saturated carbocycles. The number of thioether (sulfide) groups is 1. The summed E-state index contributed by atoms with van der Waals surface area (Å²) in [7, 11) is 1.66. The van der Waals surface area contributed by atoms with Gasteiger partial charge in [-0.2, -0.15) is 9.78 Å². The van der Waals surface area contributed by atoms with Gasteiger partial charge in [0.25, 0.3) is 0 Å². The number of ether oxygens (including phenoxy) is 1. The maximum Gasteiger partial charge on any atom is 0.212 e. The van der Waals surface area contributed by atoms with Gasteiger partial charge in [0.1, 0.15) is 12.1 Å². The lowest BCUT2D eigenvalue weighted by molar-refractivity contribution is 0.415. The zero-order valence-corrected chi connectivity index (χ0v) is 13.0. The summed E-state index contributed by atoms with van der Waals surface area (Å²) >= 11 is 1.66. The van der Waals surface area contributed by atoms with E-state index in [2.05, 4.69) is 22.2 Å². The summed E-state index contributed by atoms with van der Waals surface area (Å²) in [6.07, 6.45) is 1.62. The van der Waals surface area contributed by atoms with Gasteiger partial charge in [0, 0.05) is 0 Å². The van der Waals surface area contributed by atoms with E-state index in [1.54, 1.807) is 29.9 Å². The minimum absolute atomic E-state index is 0. The van der Waals surface area contributed by atoms with Crippen LogP contribution in [0.5, 0.6) is 5.75 Å². The van der Waals surface area contributed by atoms with E-state index in [1.807, 2.05) is 24.3 Å². The van der Waals surface area contributed by atoms with Crippen LogP contribution in [0, 0.1) is 0 Å². The first kappa shape index (κ1) is 14.1. The first-order chi connectivity index (χ1) is 8.78. The molecule has 0 radical (unpaired) electrons. The average Bonchev–Trinajstić information content (AvgIpc) is 2.85. The van der Waals surface area contributed by atoms with Gasteiger partial charge < -0.3 is 4.74 Å². The van der Waals surface area contributed by atoms with Crippen LogP contribution in [0.25, 0.3) is 0 Å². The third kappa shape index (κ3) is 2.66. The Bertz CT molecular complexity index is 596. The van der Waals surface area contributed by atoms with E-state index in [0.717, 1.165) is 22.2 Å². The zero-order valence-electron chi connectivity index (χ0n) is 10.5. The van der Waals surface area contributed by atoms with Gasteiger partial charge in [0.2, 0.25) is 5.16 Å². The van der Waals surface area contributed by atoms with Crippen molar-refractivity contribution in [3.63, 3.8) is 0 Å². The highest BCUT2D eigenvalue weighted by atomic mass is 79.9. The van der Waals surface area contributed by atoms with Crippen molar-refractivity contribution in [1.82, 2.24) is 14.9 Å². The minimum atomic E-state index is 0. The Hall–Kier alpha value is -1.34. The van der Waals surface area contributed by atoms with Crippen LogP contribution in [0.2, 0.25) is 0 Å². The van der Waals surface area contributed by atoms with Gasteiger partial charge in [0.05, 0.1) is 18.1 Å². The van der Waals surface area contributed by atoms with Crippen LogP contribution in [0.15, 0.2) is 40.9 Å². The molecule has 0 fully saturated rings. The Morgan fingerprint density at radius 3 is 2.68 bits per heavy atom. The lowest BCUT2D eigenvalue weighted by Gasteiger charge is -2.18. The summed E-state index contributed by atoms with van der Waals surface area (Å²) in [6, 6.07) is 7.92. The fourth-order valence-corrected chi connectivity index (χ4v) is 2.73. The summed E-state index contributed by atoms with van der Waals surface area (Å²) in [5.41, 5.74) is 2.12. The molecule has 1 aliphatic heterocycles. The molecule has 2 aromatic rings. The maximum atomic E-state index is 5.16. The Kier molecular flexibility index (Phi) is 4.26. The second-order valence-corrected chi connectivity index (χ2v) is 5.24. The van der Waals surface area contributed by atoms with Crippen molar-refractivity contribution in [2.24, 2.45) is 5.10 Å². The molecule has 0 bridgehead atoms. The number of aromatic nitrogens is 3. The molecular weight excluding hydrogens is 328 g/mol. The van der Waals surface area contributed by atoms with Gasteiger partial charge in [-0.3, -0.25) is 0 Å². The number of hydrogen-bond donors (Lipinski definition) is 0. The Morgan fingerprint density at radius 2 is 2.00 bits per heavy atom. The maximum absolute atomic E-state index is 5.16. The van der Waals surface area contributed by atoms with E-state index in [4.69, 9.17) is 4.74 Å². The van der Waals surface area contributed by atoms with Gasteiger partial charge in [-0.25, -0.2) is 0 Å². The van der Waals surface area contributed by atoms with Crippen LogP contribution >= 0.6 is 28.7 Å². The van der Waals surface area contributed by atoms with E-state index in [0.29, 0.717) is 0 Å². The molecule has 0 aliphatic carbocycles. The van der Waals surface area contributed by atoms with E-state index in [-0.39, 0.29) is 22.2 Å². The molecule has 0 N–H and O–H groups in total. The highest BCUT2D eigenvalue weighted by Crippen LogP contribution is 2.29.